The molecule has 0 aliphatic carbocycles. The van der Waals surface area contributed by atoms with Gasteiger partial charge in [0.2, 0.25) is 5.88 Å². The Balaban J connectivity index is 1.50. The third-order valence-electron chi connectivity index (χ3n) is 5.24. The molecule has 2 N–H and O–H groups in total. The van der Waals surface area contributed by atoms with Crippen LogP contribution in [-0.2, 0) is 10.0 Å². The number of pyridine rings is 1. The lowest BCUT2D eigenvalue weighted by Gasteiger charge is -2.15. The Bertz CT molecular complexity index is 1530. The van der Waals surface area contributed by atoms with Gasteiger partial charge in [-0.2, -0.15) is 0 Å². The van der Waals surface area contributed by atoms with Crippen molar-refractivity contribution in [1.29, 1.82) is 0 Å². The highest BCUT2D eigenvalue weighted by Crippen LogP contribution is 2.32. The van der Waals surface area contributed by atoms with E-state index in [0.29, 0.717) is 11.3 Å². The average Bonchev–Trinajstić information content (AvgIpc) is 2.88. The number of benzene rings is 3. The second-order valence-corrected chi connectivity index (χ2v) is 10.9. The second kappa shape index (κ2) is 11.4. The van der Waals surface area contributed by atoms with Crippen LogP contribution in [0.2, 0.25) is 15.1 Å². The van der Waals surface area contributed by atoms with Crippen molar-refractivity contribution in [1.82, 2.24) is 10.3 Å². The summed E-state index contributed by atoms with van der Waals surface area (Å²) in [6.45, 7) is 1.90. The van der Waals surface area contributed by atoms with Crippen molar-refractivity contribution in [3.8, 4) is 11.6 Å². The molecule has 1 atom stereocenters. The summed E-state index contributed by atoms with van der Waals surface area (Å²) in [5.41, 5.74) is 1.43. The van der Waals surface area contributed by atoms with Crippen LogP contribution in [0.25, 0.3) is 0 Å². The fraction of sp³-hybridized carbons (Fsp3) is 0.0769. The smallest absolute Gasteiger partial charge is 0.262 e. The van der Waals surface area contributed by atoms with Crippen molar-refractivity contribution < 1.29 is 17.9 Å². The summed E-state index contributed by atoms with van der Waals surface area (Å²) in [5, 5.41) is 3.45. The number of ether oxygens (including phenoxy) is 1. The van der Waals surface area contributed by atoms with Gasteiger partial charge in [0.25, 0.3) is 15.9 Å². The number of carbonyl (C=O) groups is 1. The number of hydrogen-bond donors (Lipinski definition) is 2. The fourth-order valence-corrected chi connectivity index (χ4v) is 4.91. The number of halogens is 3. The molecule has 0 aliphatic heterocycles. The monoisotopic (exact) mass is 575 g/mol. The Kier molecular flexibility index (Phi) is 8.24. The van der Waals surface area contributed by atoms with E-state index in [1.54, 1.807) is 24.3 Å². The molecule has 0 unspecified atom stereocenters. The molecule has 3 aromatic carbocycles. The molecule has 1 amide bonds. The van der Waals surface area contributed by atoms with Crippen LogP contribution in [0.1, 0.15) is 28.9 Å². The molecule has 37 heavy (non-hydrogen) atoms. The summed E-state index contributed by atoms with van der Waals surface area (Å²) in [7, 11) is -4.06. The molecule has 0 bridgehead atoms. The standard InChI is InChI=1S/C26H20Cl3N3O4S/c1-16(17-5-3-2-4-6-17)31-25(33)18-7-9-20(10-8-18)36-26-24(13-19(27)15-30-26)32-37(34,35)21-11-12-22(28)23(29)14-21/h2-16,32H,1H3,(H,31,33)/t16-/m0/s1. The van der Waals surface area contributed by atoms with E-state index in [9.17, 15) is 13.2 Å². The van der Waals surface area contributed by atoms with Crippen LogP contribution in [0.4, 0.5) is 5.69 Å². The lowest BCUT2D eigenvalue weighted by Crippen LogP contribution is -2.26. The summed E-state index contributed by atoms with van der Waals surface area (Å²) < 4.78 is 34.0. The normalized spacial score (nSPS) is 12.0. The first-order chi connectivity index (χ1) is 17.6. The number of aromatic nitrogens is 1. The zero-order chi connectivity index (χ0) is 26.6. The molecule has 0 aliphatic rings. The van der Waals surface area contributed by atoms with Gasteiger partial charge >= 0.3 is 0 Å². The maximum absolute atomic E-state index is 12.9. The van der Waals surface area contributed by atoms with Gasteiger partial charge in [0.05, 0.1) is 26.0 Å². The molecule has 0 saturated carbocycles. The van der Waals surface area contributed by atoms with E-state index in [4.69, 9.17) is 39.5 Å². The Morgan fingerprint density at radius 3 is 2.30 bits per heavy atom. The fourth-order valence-electron chi connectivity index (χ4n) is 3.32. The highest BCUT2D eigenvalue weighted by atomic mass is 35.5. The van der Waals surface area contributed by atoms with Crippen LogP contribution in [0.3, 0.4) is 0 Å². The maximum atomic E-state index is 12.9. The molecule has 11 heteroatoms. The van der Waals surface area contributed by atoms with Crippen molar-refractivity contribution in [2.24, 2.45) is 0 Å². The number of hydrogen-bond acceptors (Lipinski definition) is 5. The average molecular weight is 577 g/mol. The van der Waals surface area contributed by atoms with Gasteiger partial charge in [0.15, 0.2) is 0 Å². The minimum Gasteiger partial charge on any atom is -0.437 e. The molecular weight excluding hydrogens is 557 g/mol. The van der Waals surface area contributed by atoms with Crippen LogP contribution < -0.4 is 14.8 Å². The maximum Gasteiger partial charge on any atom is 0.262 e. The van der Waals surface area contributed by atoms with Crippen LogP contribution in [0, 0.1) is 0 Å². The van der Waals surface area contributed by atoms with Gasteiger partial charge in [-0.1, -0.05) is 65.1 Å². The number of amides is 1. The van der Waals surface area contributed by atoms with Gasteiger partial charge in [0, 0.05) is 11.8 Å². The molecule has 0 spiro atoms. The van der Waals surface area contributed by atoms with Crippen molar-refractivity contribution in [2.75, 3.05) is 4.72 Å². The van der Waals surface area contributed by atoms with E-state index >= 15 is 0 Å². The van der Waals surface area contributed by atoms with Crippen molar-refractivity contribution >= 4 is 56.4 Å². The molecule has 7 nitrogen and oxygen atoms in total. The van der Waals surface area contributed by atoms with Crippen molar-refractivity contribution in [3.63, 3.8) is 0 Å². The number of carbonyl (C=O) groups excluding carboxylic acids is 1. The van der Waals surface area contributed by atoms with Gasteiger partial charge in [-0.05, 0) is 61.0 Å². The van der Waals surface area contributed by atoms with Crippen LogP contribution in [0.5, 0.6) is 11.6 Å². The highest BCUT2D eigenvalue weighted by Gasteiger charge is 2.20. The molecule has 190 valence electrons. The van der Waals surface area contributed by atoms with Gasteiger partial charge in [-0.25, -0.2) is 13.4 Å². The first-order valence-electron chi connectivity index (χ1n) is 10.9. The number of nitrogens with one attached hydrogen (secondary N) is 2. The van der Waals surface area contributed by atoms with Gasteiger partial charge in [0.1, 0.15) is 11.4 Å². The van der Waals surface area contributed by atoms with Crippen molar-refractivity contribution in [2.45, 2.75) is 17.9 Å². The summed E-state index contributed by atoms with van der Waals surface area (Å²) >= 11 is 17.9. The molecule has 0 radical (unpaired) electrons. The van der Waals surface area contributed by atoms with Crippen molar-refractivity contribution in [3.05, 3.63) is 111 Å². The minimum absolute atomic E-state index is 0.0112. The molecule has 4 rings (SSSR count). The zero-order valence-corrected chi connectivity index (χ0v) is 22.4. The highest BCUT2D eigenvalue weighted by molar-refractivity contribution is 7.92. The lowest BCUT2D eigenvalue weighted by atomic mass is 10.1. The van der Waals surface area contributed by atoms with E-state index in [-0.39, 0.29) is 43.5 Å². The van der Waals surface area contributed by atoms with E-state index in [0.717, 1.165) is 5.56 Å². The molecule has 0 fully saturated rings. The number of rotatable bonds is 8. The summed E-state index contributed by atoms with van der Waals surface area (Å²) in [5.74, 6) is 0.0444. The molecule has 1 heterocycles. The largest absolute Gasteiger partial charge is 0.437 e. The Labute approximate surface area is 229 Å². The molecule has 0 saturated heterocycles. The Hall–Kier alpha value is -3.30. The van der Waals surface area contributed by atoms with E-state index in [2.05, 4.69) is 15.0 Å². The number of anilines is 1. The summed E-state index contributed by atoms with van der Waals surface area (Å²) in [6.07, 6.45) is 1.32. The quantitative estimate of drug-likeness (QED) is 0.233. The lowest BCUT2D eigenvalue weighted by molar-refractivity contribution is 0.0940. The topological polar surface area (TPSA) is 97.4 Å². The Morgan fingerprint density at radius 1 is 0.919 bits per heavy atom. The van der Waals surface area contributed by atoms with E-state index < -0.39 is 10.0 Å². The second-order valence-electron chi connectivity index (χ2n) is 7.92. The first kappa shape index (κ1) is 26.8. The van der Waals surface area contributed by atoms with E-state index in [1.165, 1.54) is 30.5 Å². The van der Waals surface area contributed by atoms with Crippen LogP contribution in [-0.4, -0.2) is 19.3 Å². The SMILES string of the molecule is C[C@H](NC(=O)c1ccc(Oc2ncc(Cl)cc2NS(=O)(=O)c2ccc(Cl)c(Cl)c2)cc1)c1ccccc1. The predicted octanol–water partition coefficient (Wildman–Crippen LogP) is 7.13. The minimum atomic E-state index is -4.06. The van der Waals surface area contributed by atoms with Crippen LogP contribution >= 0.6 is 34.8 Å². The van der Waals surface area contributed by atoms with E-state index in [1.807, 2.05) is 37.3 Å². The Morgan fingerprint density at radius 2 is 1.62 bits per heavy atom. The molecule has 4 aromatic rings. The van der Waals surface area contributed by atoms with Gasteiger partial charge in [-0.15, -0.1) is 0 Å². The molecular formula is C26H20Cl3N3O4S. The molecule has 1 aromatic heterocycles. The third kappa shape index (κ3) is 6.72. The summed E-state index contributed by atoms with van der Waals surface area (Å²) in [6, 6.07) is 21.1. The third-order valence-corrected chi connectivity index (χ3v) is 7.55. The number of sulfonamides is 1. The van der Waals surface area contributed by atoms with Crippen LogP contribution in [0.15, 0.2) is 90.0 Å². The summed E-state index contributed by atoms with van der Waals surface area (Å²) in [4.78, 5) is 16.7. The van der Waals surface area contributed by atoms with Gasteiger partial charge < -0.3 is 10.1 Å². The first-order valence-corrected chi connectivity index (χ1v) is 13.5. The van der Waals surface area contributed by atoms with Gasteiger partial charge in [-0.3, -0.25) is 9.52 Å². The number of nitrogens with zero attached hydrogens (tertiary/aromatic N) is 1. The zero-order valence-electron chi connectivity index (χ0n) is 19.3. The predicted molar refractivity (Wildman–Crippen MR) is 145 cm³/mol.